The fraction of sp³-hybridized carbons (Fsp3) is 0.562. The van der Waals surface area contributed by atoms with Crippen LogP contribution in [0.15, 0.2) is 23.2 Å². The molecule has 0 saturated carbocycles. The van der Waals surface area contributed by atoms with Crippen LogP contribution in [0.25, 0.3) is 0 Å². The summed E-state index contributed by atoms with van der Waals surface area (Å²) < 4.78 is 13.4. The standard InChI is InChI=1S/C16H26FN3S2/c1-5-18-16(19-9-12(2)22-4)20-10-13-6-7-15(17)8-14(13)11-21-3/h6-8,12H,5,9-11H2,1-4H3,(H2,18,19,20). The Morgan fingerprint density at radius 3 is 2.68 bits per heavy atom. The minimum atomic E-state index is -0.185. The third-order valence-electron chi connectivity index (χ3n) is 3.18. The Bertz CT molecular complexity index is 480. The number of thioether (sulfide) groups is 2. The first-order valence-electron chi connectivity index (χ1n) is 7.41. The summed E-state index contributed by atoms with van der Waals surface area (Å²) in [5.74, 6) is 1.43. The van der Waals surface area contributed by atoms with Gasteiger partial charge in [-0.2, -0.15) is 23.5 Å². The number of nitrogens with zero attached hydrogens (tertiary/aromatic N) is 1. The molecule has 0 saturated heterocycles. The lowest BCUT2D eigenvalue weighted by Gasteiger charge is -2.15. The zero-order valence-electron chi connectivity index (χ0n) is 13.8. The summed E-state index contributed by atoms with van der Waals surface area (Å²) in [6, 6.07) is 4.95. The molecule has 0 spiro atoms. The second-order valence-corrected chi connectivity index (χ2v) is 7.11. The first kappa shape index (κ1) is 19.2. The molecule has 2 N–H and O–H groups in total. The SMILES string of the molecule is CCNC(=NCc1ccc(F)cc1CSC)NCC(C)SC. The van der Waals surface area contributed by atoms with Gasteiger partial charge in [0.2, 0.25) is 0 Å². The van der Waals surface area contributed by atoms with Crippen molar-refractivity contribution in [2.45, 2.75) is 31.4 Å². The summed E-state index contributed by atoms with van der Waals surface area (Å²) in [6.07, 6.45) is 4.12. The molecule has 0 aliphatic carbocycles. The molecule has 3 nitrogen and oxygen atoms in total. The van der Waals surface area contributed by atoms with Crippen molar-refractivity contribution in [1.29, 1.82) is 0 Å². The second kappa shape index (κ2) is 10.8. The average Bonchev–Trinajstić information content (AvgIpc) is 2.51. The van der Waals surface area contributed by atoms with Gasteiger partial charge in [-0.05, 0) is 42.7 Å². The molecule has 22 heavy (non-hydrogen) atoms. The predicted octanol–water partition coefficient (Wildman–Crippen LogP) is 3.50. The van der Waals surface area contributed by atoms with Gasteiger partial charge < -0.3 is 10.6 Å². The third-order valence-corrected chi connectivity index (χ3v) is 4.75. The summed E-state index contributed by atoms with van der Waals surface area (Å²) in [7, 11) is 0. The van der Waals surface area contributed by atoms with E-state index < -0.39 is 0 Å². The van der Waals surface area contributed by atoms with E-state index >= 15 is 0 Å². The summed E-state index contributed by atoms with van der Waals surface area (Å²) in [6.45, 7) is 6.47. The van der Waals surface area contributed by atoms with Crippen LogP contribution >= 0.6 is 23.5 Å². The summed E-state index contributed by atoms with van der Waals surface area (Å²) in [4.78, 5) is 4.62. The van der Waals surface area contributed by atoms with Crippen molar-refractivity contribution in [1.82, 2.24) is 10.6 Å². The van der Waals surface area contributed by atoms with Crippen LogP contribution in [0.1, 0.15) is 25.0 Å². The summed E-state index contributed by atoms with van der Waals surface area (Å²) in [5.41, 5.74) is 2.09. The predicted molar refractivity (Wildman–Crippen MR) is 99.4 cm³/mol. The van der Waals surface area contributed by atoms with Crippen LogP contribution in [0, 0.1) is 5.82 Å². The maximum Gasteiger partial charge on any atom is 0.191 e. The van der Waals surface area contributed by atoms with E-state index in [2.05, 4.69) is 28.8 Å². The van der Waals surface area contributed by atoms with Gasteiger partial charge in [0.25, 0.3) is 0 Å². The van der Waals surface area contributed by atoms with Crippen molar-refractivity contribution in [3.63, 3.8) is 0 Å². The van der Waals surface area contributed by atoms with Crippen LogP contribution in [0.2, 0.25) is 0 Å². The molecule has 1 unspecified atom stereocenters. The van der Waals surface area contributed by atoms with Crippen LogP contribution in [-0.4, -0.2) is 36.8 Å². The number of guanidine groups is 1. The molecule has 0 heterocycles. The van der Waals surface area contributed by atoms with Crippen molar-refractivity contribution < 1.29 is 4.39 Å². The van der Waals surface area contributed by atoms with Crippen molar-refractivity contribution in [3.8, 4) is 0 Å². The molecule has 0 amide bonds. The number of hydrogen-bond donors (Lipinski definition) is 2. The average molecular weight is 344 g/mol. The Labute approximate surface area is 141 Å². The van der Waals surface area contributed by atoms with E-state index in [-0.39, 0.29) is 5.82 Å². The fourth-order valence-corrected chi connectivity index (χ4v) is 2.70. The Morgan fingerprint density at radius 2 is 2.05 bits per heavy atom. The van der Waals surface area contributed by atoms with Crippen molar-refractivity contribution in [2.75, 3.05) is 25.6 Å². The molecule has 0 aromatic heterocycles. The van der Waals surface area contributed by atoms with Crippen molar-refractivity contribution in [3.05, 3.63) is 35.1 Å². The van der Waals surface area contributed by atoms with Crippen molar-refractivity contribution in [2.24, 2.45) is 4.99 Å². The number of nitrogens with one attached hydrogen (secondary N) is 2. The zero-order chi connectivity index (χ0) is 16.4. The molecule has 1 atom stereocenters. The van der Waals surface area contributed by atoms with Gasteiger partial charge in [0.1, 0.15) is 5.82 Å². The second-order valence-electron chi connectivity index (χ2n) is 4.97. The number of rotatable bonds is 8. The number of aliphatic imine (C=N–C) groups is 1. The molecule has 6 heteroatoms. The fourth-order valence-electron chi connectivity index (χ4n) is 1.87. The number of benzene rings is 1. The van der Waals surface area contributed by atoms with Crippen LogP contribution in [0.3, 0.4) is 0 Å². The van der Waals surface area contributed by atoms with Gasteiger partial charge in [0.05, 0.1) is 6.54 Å². The first-order chi connectivity index (χ1) is 10.6. The van der Waals surface area contributed by atoms with Gasteiger partial charge in [-0.25, -0.2) is 9.38 Å². The lowest BCUT2D eigenvalue weighted by atomic mass is 10.1. The summed E-state index contributed by atoms with van der Waals surface area (Å²) in [5, 5.41) is 7.12. The highest BCUT2D eigenvalue weighted by Gasteiger charge is 2.05. The molecule has 1 aromatic carbocycles. The van der Waals surface area contributed by atoms with Crippen LogP contribution in [0.5, 0.6) is 0 Å². The number of hydrogen-bond acceptors (Lipinski definition) is 3. The van der Waals surface area contributed by atoms with E-state index in [1.165, 1.54) is 6.07 Å². The normalized spacial score (nSPS) is 13.0. The molecular weight excluding hydrogens is 317 g/mol. The molecular formula is C16H26FN3S2. The van der Waals surface area contributed by atoms with Gasteiger partial charge >= 0.3 is 0 Å². The van der Waals surface area contributed by atoms with Crippen LogP contribution in [0.4, 0.5) is 4.39 Å². The van der Waals surface area contributed by atoms with Crippen LogP contribution in [-0.2, 0) is 12.3 Å². The molecule has 0 bridgehead atoms. The minimum absolute atomic E-state index is 0.185. The lowest BCUT2D eigenvalue weighted by Crippen LogP contribution is -2.40. The molecule has 124 valence electrons. The van der Waals surface area contributed by atoms with E-state index in [1.54, 1.807) is 17.8 Å². The molecule has 0 radical (unpaired) electrons. The van der Waals surface area contributed by atoms with Crippen LogP contribution < -0.4 is 10.6 Å². The topological polar surface area (TPSA) is 36.4 Å². The maximum atomic E-state index is 13.4. The van der Waals surface area contributed by atoms with E-state index in [4.69, 9.17) is 0 Å². The largest absolute Gasteiger partial charge is 0.357 e. The molecule has 0 aliphatic rings. The van der Waals surface area contributed by atoms with Gasteiger partial charge in [-0.3, -0.25) is 0 Å². The lowest BCUT2D eigenvalue weighted by molar-refractivity contribution is 0.625. The maximum absolute atomic E-state index is 13.4. The monoisotopic (exact) mass is 343 g/mol. The van der Waals surface area contributed by atoms with Crippen molar-refractivity contribution >= 4 is 29.5 Å². The van der Waals surface area contributed by atoms with Gasteiger partial charge in [0.15, 0.2) is 5.96 Å². The van der Waals surface area contributed by atoms with Gasteiger partial charge in [0, 0.05) is 24.1 Å². The van der Waals surface area contributed by atoms with E-state index in [9.17, 15) is 4.39 Å². The Hall–Kier alpha value is -0.880. The van der Waals surface area contributed by atoms with E-state index in [1.807, 2.05) is 31.0 Å². The minimum Gasteiger partial charge on any atom is -0.357 e. The first-order valence-corrected chi connectivity index (χ1v) is 10.1. The highest BCUT2D eigenvalue weighted by atomic mass is 32.2. The Balaban J connectivity index is 2.76. The molecule has 1 rings (SSSR count). The summed E-state index contributed by atoms with van der Waals surface area (Å²) >= 11 is 3.51. The number of halogens is 1. The quantitative estimate of drug-likeness (QED) is 0.559. The highest BCUT2D eigenvalue weighted by molar-refractivity contribution is 7.99. The Morgan fingerprint density at radius 1 is 1.27 bits per heavy atom. The highest BCUT2D eigenvalue weighted by Crippen LogP contribution is 2.17. The molecule has 0 fully saturated rings. The van der Waals surface area contributed by atoms with Gasteiger partial charge in [-0.15, -0.1) is 0 Å². The van der Waals surface area contributed by atoms with E-state index in [0.717, 1.165) is 35.9 Å². The third kappa shape index (κ3) is 6.92. The van der Waals surface area contributed by atoms with E-state index in [0.29, 0.717) is 11.8 Å². The Kier molecular flexibility index (Phi) is 9.39. The molecule has 0 aliphatic heterocycles. The smallest absolute Gasteiger partial charge is 0.191 e. The molecule has 1 aromatic rings. The van der Waals surface area contributed by atoms with Gasteiger partial charge in [-0.1, -0.05) is 13.0 Å². The zero-order valence-corrected chi connectivity index (χ0v) is 15.4.